The van der Waals surface area contributed by atoms with E-state index in [2.05, 4.69) is 15.3 Å². The standard InChI is InChI=1S/C27H25N5O4S/c1-17-5-3-4-6-21(17)27(35)31(16-33)15-24-26-22(10-12-32(26)37(36)20-7-8-20)23(14-29-24)19-9-11-28-25(13-19)30-18(2)34/h3-6,9-14,16,20H,7-8,15H2,1-2H3,(H,28,30,34). The lowest BCUT2D eigenvalue weighted by molar-refractivity contribution is -0.116. The van der Waals surface area contributed by atoms with Gasteiger partial charge in [0.25, 0.3) is 5.91 Å². The maximum atomic E-state index is 13.3. The summed E-state index contributed by atoms with van der Waals surface area (Å²) in [6.45, 7) is 3.15. The van der Waals surface area contributed by atoms with Crippen molar-refractivity contribution in [2.24, 2.45) is 0 Å². The van der Waals surface area contributed by atoms with Crippen LogP contribution in [0.2, 0.25) is 0 Å². The average molecular weight is 516 g/mol. The summed E-state index contributed by atoms with van der Waals surface area (Å²) in [5, 5.41) is 3.52. The van der Waals surface area contributed by atoms with Gasteiger partial charge in [-0.2, -0.15) is 0 Å². The highest BCUT2D eigenvalue weighted by Gasteiger charge is 2.31. The molecule has 1 saturated carbocycles. The molecule has 10 heteroatoms. The molecule has 1 atom stereocenters. The molecule has 0 radical (unpaired) electrons. The average Bonchev–Trinajstić information content (AvgIpc) is 3.64. The molecule has 0 aliphatic heterocycles. The summed E-state index contributed by atoms with van der Waals surface area (Å²) in [6, 6.07) is 12.5. The number of carbonyl (C=O) groups excluding carboxylic acids is 3. The Hall–Kier alpha value is -4.18. The molecule has 1 fully saturated rings. The van der Waals surface area contributed by atoms with Crippen LogP contribution in [-0.2, 0) is 27.1 Å². The van der Waals surface area contributed by atoms with Crippen LogP contribution in [0, 0.1) is 6.92 Å². The van der Waals surface area contributed by atoms with E-state index in [4.69, 9.17) is 0 Å². The van der Waals surface area contributed by atoms with Gasteiger partial charge >= 0.3 is 0 Å². The molecule has 0 saturated heterocycles. The number of imide groups is 1. The monoisotopic (exact) mass is 515 g/mol. The zero-order chi connectivity index (χ0) is 26.1. The van der Waals surface area contributed by atoms with E-state index in [9.17, 15) is 18.6 Å². The topological polar surface area (TPSA) is 114 Å². The smallest absolute Gasteiger partial charge is 0.260 e. The van der Waals surface area contributed by atoms with Crippen molar-refractivity contribution >= 4 is 45.9 Å². The number of amides is 3. The Kier molecular flexibility index (Phi) is 6.66. The lowest BCUT2D eigenvalue weighted by Crippen LogP contribution is -2.30. The molecule has 0 spiro atoms. The van der Waals surface area contributed by atoms with Crippen LogP contribution in [0.4, 0.5) is 5.82 Å². The number of benzene rings is 1. The zero-order valence-corrected chi connectivity index (χ0v) is 21.2. The van der Waals surface area contributed by atoms with Crippen LogP contribution >= 0.6 is 0 Å². The zero-order valence-electron chi connectivity index (χ0n) is 20.4. The minimum absolute atomic E-state index is 0.0650. The van der Waals surface area contributed by atoms with Gasteiger partial charge < -0.3 is 5.32 Å². The summed E-state index contributed by atoms with van der Waals surface area (Å²) in [5.41, 5.74) is 3.77. The number of nitrogens with one attached hydrogen (secondary N) is 1. The Labute approximate surface area is 216 Å². The first kappa shape index (κ1) is 24.5. The van der Waals surface area contributed by atoms with E-state index in [0.717, 1.165) is 39.8 Å². The van der Waals surface area contributed by atoms with Crippen molar-refractivity contribution in [3.63, 3.8) is 0 Å². The molecule has 1 unspecified atom stereocenters. The predicted molar refractivity (Wildman–Crippen MR) is 141 cm³/mol. The molecule has 0 bridgehead atoms. The lowest BCUT2D eigenvalue weighted by atomic mass is 10.0. The van der Waals surface area contributed by atoms with Crippen LogP contribution < -0.4 is 5.32 Å². The van der Waals surface area contributed by atoms with Crippen molar-refractivity contribution in [2.75, 3.05) is 5.32 Å². The SMILES string of the molecule is CC(=O)Nc1cc(-c2cnc(CN(C=O)C(=O)c3ccccc3C)c3c2ccn3S(=O)C2CC2)ccn1. The number of pyridine rings is 2. The Morgan fingerprint density at radius 2 is 1.97 bits per heavy atom. The van der Waals surface area contributed by atoms with Gasteiger partial charge in [0.2, 0.25) is 12.3 Å². The molecule has 5 rings (SSSR count). The van der Waals surface area contributed by atoms with E-state index in [1.54, 1.807) is 46.8 Å². The molecular formula is C27H25N5O4S. The molecule has 1 aliphatic rings. The van der Waals surface area contributed by atoms with Crippen LogP contribution in [0.3, 0.4) is 0 Å². The highest BCUT2D eigenvalue weighted by atomic mass is 32.2. The largest absolute Gasteiger partial charge is 0.311 e. The molecule has 1 aliphatic carbocycles. The first-order chi connectivity index (χ1) is 17.9. The fourth-order valence-electron chi connectivity index (χ4n) is 4.25. The van der Waals surface area contributed by atoms with Gasteiger partial charge in [0.1, 0.15) is 16.8 Å². The van der Waals surface area contributed by atoms with Gasteiger partial charge in [0, 0.05) is 42.0 Å². The van der Waals surface area contributed by atoms with Crippen LogP contribution in [0.1, 0.15) is 41.4 Å². The van der Waals surface area contributed by atoms with Crippen molar-refractivity contribution in [1.82, 2.24) is 18.8 Å². The number of hydrogen-bond acceptors (Lipinski definition) is 6. The summed E-state index contributed by atoms with van der Waals surface area (Å²) in [5.74, 6) is -0.261. The minimum atomic E-state index is -1.31. The third-order valence-electron chi connectivity index (χ3n) is 6.23. The molecule has 9 nitrogen and oxygen atoms in total. The molecule has 188 valence electrons. The first-order valence-electron chi connectivity index (χ1n) is 11.8. The Morgan fingerprint density at radius 3 is 2.68 bits per heavy atom. The van der Waals surface area contributed by atoms with Gasteiger partial charge in [0.15, 0.2) is 0 Å². The van der Waals surface area contributed by atoms with E-state index in [1.807, 2.05) is 25.1 Å². The van der Waals surface area contributed by atoms with Gasteiger partial charge in [-0.3, -0.25) is 28.2 Å². The third-order valence-corrected chi connectivity index (χ3v) is 7.96. The summed E-state index contributed by atoms with van der Waals surface area (Å²) in [6.07, 6.45) is 7.28. The number of anilines is 1. The minimum Gasteiger partial charge on any atom is -0.311 e. The van der Waals surface area contributed by atoms with E-state index < -0.39 is 16.9 Å². The molecular weight excluding hydrogens is 490 g/mol. The van der Waals surface area contributed by atoms with Crippen molar-refractivity contribution in [2.45, 2.75) is 38.5 Å². The molecule has 37 heavy (non-hydrogen) atoms. The molecule has 4 aromatic rings. The van der Waals surface area contributed by atoms with Crippen molar-refractivity contribution in [1.29, 1.82) is 0 Å². The summed E-state index contributed by atoms with van der Waals surface area (Å²) >= 11 is 0. The number of fused-ring (bicyclic) bond motifs is 1. The summed E-state index contributed by atoms with van der Waals surface area (Å²) in [4.78, 5) is 46.6. The molecule has 1 aromatic carbocycles. The van der Waals surface area contributed by atoms with Gasteiger partial charge in [-0.1, -0.05) is 18.2 Å². The first-order valence-corrected chi connectivity index (χ1v) is 13.0. The number of nitrogens with zero attached hydrogens (tertiary/aromatic N) is 4. The van der Waals surface area contributed by atoms with E-state index in [0.29, 0.717) is 29.0 Å². The summed E-state index contributed by atoms with van der Waals surface area (Å²) < 4.78 is 14.9. The molecule has 1 N–H and O–H groups in total. The van der Waals surface area contributed by atoms with Crippen molar-refractivity contribution in [3.8, 4) is 11.1 Å². The van der Waals surface area contributed by atoms with Gasteiger partial charge in [-0.25, -0.2) is 9.19 Å². The van der Waals surface area contributed by atoms with Gasteiger partial charge in [-0.05, 0) is 55.2 Å². The molecule has 3 heterocycles. The van der Waals surface area contributed by atoms with Crippen LogP contribution in [-0.4, -0.2) is 46.5 Å². The fourth-order valence-corrected chi connectivity index (χ4v) is 5.67. The van der Waals surface area contributed by atoms with Crippen LogP contribution in [0.15, 0.2) is 61.1 Å². The number of aromatic nitrogens is 3. The number of rotatable bonds is 8. The highest BCUT2D eigenvalue weighted by molar-refractivity contribution is 7.84. The van der Waals surface area contributed by atoms with Crippen LogP contribution in [0.25, 0.3) is 22.0 Å². The van der Waals surface area contributed by atoms with E-state index in [-0.39, 0.29) is 17.7 Å². The van der Waals surface area contributed by atoms with Crippen LogP contribution in [0.5, 0.6) is 0 Å². The summed E-state index contributed by atoms with van der Waals surface area (Å²) in [7, 11) is -1.31. The fraction of sp³-hybridized carbons (Fsp3) is 0.222. The quantitative estimate of drug-likeness (QED) is 0.357. The second kappa shape index (κ2) is 10.1. The Bertz CT molecular complexity index is 1560. The Morgan fingerprint density at radius 1 is 1.19 bits per heavy atom. The maximum absolute atomic E-state index is 13.3. The van der Waals surface area contributed by atoms with Crippen molar-refractivity contribution < 1.29 is 18.6 Å². The normalized spacial score (nSPS) is 13.8. The third kappa shape index (κ3) is 4.92. The maximum Gasteiger partial charge on any atom is 0.260 e. The molecule has 3 amide bonds. The predicted octanol–water partition coefficient (Wildman–Crippen LogP) is 3.84. The lowest BCUT2D eigenvalue weighted by Gasteiger charge is -2.18. The van der Waals surface area contributed by atoms with E-state index >= 15 is 0 Å². The second-order valence-corrected chi connectivity index (χ2v) is 10.6. The number of hydrogen-bond donors (Lipinski definition) is 1. The number of carbonyl (C=O) groups is 3. The second-order valence-electron chi connectivity index (χ2n) is 8.96. The highest BCUT2D eigenvalue weighted by Crippen LogP contribution is 2.35. The van der Waals surface area contributed by atoms with Gasteiger partial charge in [-0.15, -0.1) is 0 Å². The molecule has 3 aromatic heterocycles. The number of aryl methyl sites for hydroxylation is 1. The van der Waals surface area contributed by atoms with E-state index in [1.165, 1.54) is 6.92 Å². The van der Waals surface area contributed by atoms with Gasteiger partial charge in [0.05, 0.1) is 23.0 Å². The Balaban J connectivity index is 1.60. The van der Waals surface area contributed by atoms with Crippen molar-refractivity contribution in [3.05, 3.63) is 77.9 Å².